The molecule has 6 heteroatoms. The normalized spacial score (nSPS) is 19.9. The molecule has 1 aliphatic heterocycles. The van der Waals surface area contributed by atoms with Gasteiger partial charge in [-0.3, -0.25) is 4.90 Å². The van der Waals surface area contributed by atoms with Gasteiger partial charge in [0.25, 0.3) is 0 Å². The zero-order chi connectivity index (χ0) is 17.8. The van der Waals surface area contributed by atoms with Crippen LogP contribution < -0.4 is 5.32 Å². The van der Waals surface area contributed by atoms with Gasteiger partial charge in [0.15, 0.2) is 5.13 Å². The third-order valence-corrected chi connectivity index (χ3v) is 6.68. The number of hydrogen-bond donors (Lipinski definition) is 1. The van der Waals surface area contributed by atoms with Crippen LogP contribution in [0.3, 0.4) is 0 Å². The van der Waals surface area contributed by atoms with Gasteiger partial charge in [-0.1, -0.05) is 30.2 Å². The van der Waals surface area contributed by atoms with Crippen LogP contribution in [0.1, 0.15) is 36.9 Å². The van der Waals surface area contributed by atoms with E-state index in [0.717, 1.165) is 56.0 Å². The van der Waals surface area contributed by atoms with E-state index in [1.165, 1.54) is 30.5 Å². The van der Waals surface area contributed by atoms with E-state index in [-0.39, 0.29) is 5.41 Å². The van der Waals surface area contributed by atoms with Crippen LogP contribution in [0, 0.1) is 0 Å². The van der Waals surface area contributed by atoms with Gasteiger partial charge < -0.3 is 10.1 Å². The predicted molar refractivity (Wildman–Crippen MR) is 109 cm³/mol. The van der Waals surface area contributed by atoms with E-state index in [0.29, 0.717) is 0 Å². The molecule has 1 aliphatic carbocycles. The largest absolute Gasteiger partial charge is 0.379 e. The van der Waals surface area contributed by atoms with Crippen LogP contribution in [0.25, 0.3) is 0 Å². The number of rotatable bonds is 7. The molecule has 140 valence electrons. The minimum Gasteiger partial charge on any atom is -0.379 e. The fourth-order valence-corrected chi connectivity index (χ4v) is 4.85. The molecule has 0 atom stereocenters. The Bertz CT molecular complexity index is 708. The first kappa shape index (κ1) is 18.2. The van der Waals surface area contributed by atoms with Gasteiger partial charge in [-0.15, -0.1) is 11.3 Å². The zero-order valence-electron chi connectivity index (χ0n) is 15.0. The molecule has 0 radical (unpaired) electrons. The Morgan fingerprint density at radius 3 is 2.65 bits per heavy atom. The van der Waals surface area contributed by atoms with Gasteiger partial charge in [-0.2, -0.15) is 0 Å². The lowest BCUT2D eigenvalue weighted by Crippen LogP contribution is -2.37. The van der Waals surface area contributed by atoms with Crippen molar-refractivity contribution < 1.29 is 4.74 Å². The molecule has 26 heavy (non-hydrogen) atoms. The molecule has 1 aromatic heterocycles. The van der Waals surface area contributed by atoms with Crippen molar-refractivity contribution in [3.05, 3.63) is 45.9 Å². The molecular formula is C20H26ClN3OS. The first-order valence-corrected chi connectivity index (χ1v) is 10.8. The van der Waals surface area contributed by atoms with Crippen LogP contribution in [0.15, 0.2) is 29.6 Å². The SMILES string of the molecule is Clc1ccc(C2(c3csc(NCCCN4CCOCC4)n3)CCC2)cc1. The summed E-state index contributed by atoms with van der Waals surface area (Å²) in [5, 5.41) is 7.59. The lowest BCUT2D eigenvalue weighted by molar-refractivity contribution is 0.0378. The van der Waals surface area contributed by atoms with Gasteiger partial charge in [0.05, 0.1) is 18.9 Å². The number of aromatic nitrogens is 1. The van der Waals surface area contributed by atoms with Gasteiger partial charge in [-0.25, -0.2) is 4.98 Å². The molecule has 0 spiro atoms. The van der Waals surface area contributed by atoms with Crippen molar-refractivity contribution in [1.82, 2.24) is 9.88 Å². The zero-order valence-corrected chi connectivity index (χ0v) is 16.6. The fourth-order valence-electron chi connectivity index (χ4n) is 3.89. The fraction of sp³-hybridized carbons (Fsp3) is 0.550. The van der Waals surface area contributed by atoms with E-state index in [9.17, 15) is 0 Å². The maximum absolute atomic E-state index is 6.07. The first-order valence-electron chi connectivity index (χ1n) is 9.52. The van der Waals surface area contributed by atoms with E-state index in [1.807, 2.05) is 12.1 Å². The monoisotopic (exact) mass is 391 g/mol. The molecule has 0 bridgehead atoms. The number of ether oxygens (including phenoxy) is 1. The van der Waals surface area contributed by atoms with Crippen molar-refractivity contribution >= 4 is 28.1 Å². The summed E-state index contributed by atoms with van der Waals surface area (Å²) in [5.74, 6) is 0. The van der Waals surface area contributed by atoms with Gasteiger partial charge >= 0.3 is 0 Å². The third kappa shape index (κ3) is 3.91. The quantitative estimate of drug-likeness (QED) is 0.710. The second-order valence-corrected chi connectivity index (χ2v) is 8.51. The summed E-state index contributed by atoms with van der Waals surface area (Å²) >= 11 is 7.79. The van der Waals surface area contributed by atoms with Gasteiger partial charge in [0, 0.05) is 35.5 Å². The summed E-state index contributed by atoms with van der Waals surface area (Å²) < 4.78 is 5.40. The number of nitrogens with zero attached hydrogens (tertiary/aromatic N) is 2. The standard InChI is InChI=1S/C20H26ClN3OS/c21-17-5-3-16(4-6-17)20(7-1-8-20)18-15-26-19(23-18)22-9-2-10-24-11-13-25-14-12-24/h3-6,15H,1-2,7-14H2,(H,22,23). The van der Waals surface area contributed by atoms with Crippen LogP contribution in [0.5, 0.6) is 0 Å². The van der Waals surface area contributed by atoms with E-state index >= 15 is 0 Å². The molecule has 0 amide bonds. The highest BCUT2D eigenvalue weighted by Crippen LogP contribution is 2.49. The van der Waals surface area contributed by atoms with Crippen LogP contribution >= 0.6 is 22.9 Å². The van der Waals surface area contributed by atoms with E-state index in [2.05, 4.69) is 27.7 Å². The van der Waals surface area contributed by atoms with Crippen LogP contribution in [0.4, 0.5) is 5.13 Å². The van der Waals surface area contributed by atoms with Crippen molar-refractivity contribution in [1.29, 1.82) is 0 Å². The number of benzene rings is 1. The summed E-state index contributed by atoms with van der Waals surface area (Å²) in [6.45, 7) is 5.96. The Labute approximate surface area is 164 Å². The van der Waals surface area contributed by atoms with E-state index < -0.39 is 0 Å². The Kier molecular flexibility index (Phi) is 5.79. The Balaban J connectivity index is 1.34. The topological polar surface area (TPSA) is 37.4 Å². The van der Waals surface area contributed by atoms with Gasteiger partial charge in [0.2, 0.25) is 0 Å². The maximum atomic E-state index is 6.07. The minimum atomic E-state index is 0.0921. The molecule has 4 rings (SSSR count). The highest BCUT2D eigenvalue weighted by molar-refractivity contribution is 7.13. The molecule has 1 saturated heterocycles. The average Bonchev–Trinajstić information content (AvgIpc) is 3.09. The molecule has 1 saturated carbocycles. The number of thiazole rings is 1. The molecule has 4 nitrogen and oxygen atoms in total. The number of nitrogens with one attached hydrogen (secondary N) is 1. The summed E-state index contributed by atoms with van der Waals surface area (Å²) in [6.07, 6.45) is 4.75. The lowest BCUT2D eigenvalue weighted by Gasteiger charge is -2.41. The van der Waals surface area contributed by atoms with Crippen molar-refractivity contribution in [3.8, 4) is 0 Å². The molecule has 2 fully saturated rings. The smallest absolute Gasteiger partial charge is 0.182 e. The summed E-state index contributed by atoms with van der Waals surface area (Å²) in [7, 11) is 0. The van der Waals surface area contributed by atoms with Crippen LogP contribution in [0.2, 0.25) is 5.02 Å². The molecule has 1 aromatic carbocycles. The molecule has 2 aliphatic rings. The van der Waals surface area contributed by atoms with Crippen molar-refractivity contribution in [2.75, 3.05) is 44.7 Å². The van der Waals surface area contributed by atoms with Gasteiger partial charge in [-0.05, 0) is 43.5 Å². The predicted octanol–water partition coefficient (Wildman–Crippen LogP) is 4.40. The Morgan fingerprint density at radius 2 is 1.96 bits per heavy atom. The summed E-state index contributed by atoms with van der Waals surface area (Å²) in [6, 6.07) is 8.31. The van der Waals surface area contributed by atoms with Crippen molar-refractivity contribution in [3.63, 3.8) is 0 Å². The summed E-state index contributed by atoms with van der Waals surface area (Å²) in [5.41, 5.74) is 2.65. The number of anilines is 1. The van der Waals surface area contributed by atoms with Crippen LogP contribution in [-0.4, -0.2) is 49.3 Å². The van der Waals surface area contributed by atoms with Crippen molar-refractivity contribution in [2.45, 2.75) is 31.1 Å². The molecule has 2 heterocycles. The van der Waals surface area contributed by atoms with Crippen molar-refractivity contribution in [2.24, 2.45) is 0 Å². The maximum Gasteiger partial charge on any atom is 0.182 e. The van der Waals surface area contributed by atoms with Gasteiger partial charge in [0.1, 0.15) is 0 Å². The lowest BCUT2D eigenvalue weighted by atomic mass is 9.63. The van der Waals surface area contributed by atoms with E-state index in [1.54, 1.807) is 11.3 Å². The Hall–Kier alpha value is -1.14. The molecule has 0 unspecified atom stereocenters. The highest BCUT2D eigenvalue weighted by atomic mass is 35.5. The number of morpholine rings is 1. The average molecular weight is 392 g/mol. The second-order valence-electron chi connectivity index (χ2n) is 7.21. The second kappa shape index (κ2) is 8.26. The van der Waals surface area contributed by atoms with Crippen LogP contribution in [-0.2, 0) is 10.2 Å². The number of hydrogen-bond acceptors (Lipinski definition) is 5. The third-order valence-electron chi connectivity index (χ3n) is 5.63. The minimum absolute atomic E-state index is 0.0921. The summed E-state index contributed by atoms with van der Waals surface area (Å²) in [4.78, 5) is 7.40. The molecule has 1 N–H and O–H groups in total. The number of halogens is 1. The Morgan fingerprint density at radius 1 is 1.19 bits per heavy atom. The highest BCUT2D eigenvalue weighted by Gasteiger charge is 2.42. The molecule has 2 aromatic rings. The van der Waals surface area contributed by atoms with E-state index in [4.69, 9.17) is 21.3 Å². The first-order chi connectivity index (χ1) is 12.8. The molecular weight excluding hydrogens is 366 g/mol.